The van der Waals surface area contributed by atoms with Crippen molar-refractivity contribution in [2.45, 2.75) is 0 Å². The van der Waals surface area contributed by atoms with Crippen molar-refractivity contribution in [2.24, 2.45) is 36.1 Å². The van der Waals surface area contributed by atoms with Crippen LogP contribution < -0.4 is 0 Å². The summed E-state index contributed by atoms with van der Waals surface area (Å²) in [4.78, 5) is 0. The van der Waals surface area contributed by atoms with Crippen molar-refractivity contribution in [3.63, 3.8) is 0 Å². The van der Waals surface area contributed by atoms with Gasteiger partial charge in [-0.25, -0.2) is 0 Å². The Morgan fingerprint density at radius 1 is 0.188 bits per heavy atom. The molecule has 192 valence electrons. The second kappa shape index (κ2) is 9.30. The van der Waals surface area contributed by atoms with Gasteiger partial charge in [0.15, 0.2) is 0 Å². The summed E-state index contributed by atoms with van der Waals surface area (Å²) in [6, 6.07) is 0. The number of hydrogen-bond donors (Lipinski definition) is 0. The molecule has 0 aromatic carbocycles. The van der Waals surface area contributed by atoms with E-state index in [0.717, 1.165) is 36.1 Å². The Morgan fingerprint density at radius 2 is 0.250 bits per heavy atom. The van der Waals surface area contributed by atoms with Crippen molar-refractivity contribution in [1.29, 1.82) is 0 Å². The standard InChI is InChI=1S/F16N8P8/c1-25(2)17-26(3,4)19-28(7,8)21-30(11,12)23-32(15,16)24-31(13,14)22-29(9,10)20-27(5,6)18-25. The summed E-state index contributed by atoms with van der Waals surface area (Å²) in [5.41, 5.74) is 0. The lowest BCUT2D eigenvalue weighted by Gasteiger charge is -2.09. The number of nitrogens with zero attached hydrogens (tertiary/aromatic N) is 8. The van der Waals surface area contributed by atoms with Gasteiger partial charge in [0.05, 0.1) is 0 Å². The first-order valence-corrected chi connectivity index (χ1v) is 17.7. The Kier molecular flexibility index (Phi) is 8.94. The van der Waals surface area contributed by atoms with Gasteiger partial charge in [-0.1, -0.05) is 0 Å². The highest BCUT2D eigenvalue weighted by Gasteiger charge is 2.40. The summed E-state index contributed by atoms with van der Waals surface area (Å²) >= 11 is 0. The van der Waals surface area contributed by atoms with Gasteiger partial charge in [0.1, 0.15) is 0 Å². The third-order valence-corrected chi connectivity index (χ3v) is 15.5. The molecule has 0 amide bonds. The van der Waals surface area contributed by atoms with Crippen molar-refractivity contribution in [3.8, 4) is 0 Å². The molecule has 0 aromatic heterocycles. The van der Waals surface area contributed by atoms with Crippen LogP contribution in [-0.2, 0) is 0 Å². The molecule has 0 radical (unpaired) electrons. The lowest BCUT2D eigenvalue weighted by molar-refractivity contribution is 0.685. The van der Waals surface area contributed by atoms with E-state index in [4.69, 9.17) is 0 Å². The lowest BCUT2D eigenvalue weighted by Crippen LogP contribution is -1.66. The highest BCUT2D eigenvalue weighted by Crippen LogP contribution is 2.83. The molecule has 32 heavy (non-hydrogen) atoms. The van der Waals surface area contributed by atoms with Crippen LogP contribution in [0.25, 0.3) is 0 Å². The third kappa shape index (κ3) is 11.4. The average Bonchev–Trinajstić information content (AvgIpc) is 2.21. The SMILES string of the molecule is FP1(F)=NP(F)(F)=NP(F)(F)=NP(F)(F)=NP(F)(F)=NP(F)(F)=NP(F)(F)=NP(F)(F)=N1. The molecule has 0 N–H and O–H groups in total. The Balaban J connectivity index is 4.32. The third-order valence-electron chi connectivity index (χ3n) is 1.72. The Hall–Kier alpha value is 0.720. The summed E-state index contributed by atoms with van der Waals surface area (Å²) in [7, 11) is -60.4. The molecule has 0 saturated heterocycles. The van der Waals surface area contributed by atoms with Gasteiger partial charge < -0.3 is 0 Å². The fourth-order valence-corrected chi connectivity index (χ4v) is 13.2. The van der Waals surface area contributed by atoms with E-state index < -0.39 is 62.6 Å². The van der Waals surface area contributed by atoms with Crippen LogP contribution in [0.5, 0.6) is 0 Å². The van der Waals surface area contributed by atoms with E-state index in [1.807, 2.05) is 0 Å². The van der Waals surface area contributed by atoms with Gasteiger partial charge in [-0.15, -0.1) is 103 Å². The monoisotopic (exact) mass is 664 g/mol. The van der Waals surface area contributed by atoms with Crippen LogP contribution in [-0.4, -0.2) is 0 Å². The first-order valence-electron chi connectivity index (χ1n) is 5.90. The highest BCUT2D eigenvalue weighted by atomic mass is 31.3. The van der Waals surface area contributed by atoms with Crippen LogP contribution in [0.3, 0.4) is 0 Å². The molecular weight excluding hydrogens is 664 g/mol. The predicted molar refractivity (Wildman–Crippen MR) is 92.5 cm³/mol. The van der Waals surface area contributed by atoms with E-state index in [1.165, 1.54) is 0 Å². The van der Waals surface area contributed by atoms with E-state index in [9.17, 15) is 67.2 Å². The Labute approximate surface area is 166 Å². The van der Waals surface area contributed by atoms with Crippen molar-refractivity contribution < 1.29 is 67.2 Å². The van der Waals surface area contributed by atoms with Crippen molar-refractivity contribution >= 4 is 62.6 Å². The van der Waals surface area contributed by atoms with Gasteiger partial charge in [0.2, 0.25) is 0 Å². The molecule has 1 rings (SSSR count). The van der Waals surface area contributed by atoms with Crippen molar-refractivity contribution in [3.05, 3.63) is 0 Å². The Bertz CT molecular complexity index is 868. The van der Waals surface area contributed by atoms with Gasteiger partial charge >= 0.3 is 62.6 Å². The summed E-state index contributed by atoms with van der Waals surface area (Å²) in [5.74, 6) is 0. The summed E-state index contributed by atoms with van der Waals surface area (Å²) in [6.45, 7) is 0. The van der Waals surface area contributed by atoms with Crippen LogP contribution in [0.4, 0.5) is 67.2 Å². The summed E-state index contributed by atoms with van der Waals surface area (Å²) in [6.07, 6.45) is 0. The molecule has 0 aliphatic carbocycles. The van der Waals surface area contributed by atoms with Crippen LogP contribution in [0.2, 0.25) is 0 Å². The average molecular weight is 664 g/mol. The quantitative estimate of drug-likeness (QED) is 0.182. The van der Waals surface area contributed by atoms with E-state index in [0.29, 0.717) is 0 Å². The maximum atomic E-state index is 13.2. The van der Waals surface area contributed by atoms with Gasteiger partial charge in [0.25, 0.3) is 0 Å². The van der Waals surface area contributed by atoms with Crippen LogP contribution in [0.1, 0.15) is 0 Å². The smallest absolute Gasteiger partial charge is 0.149 e. The molecule has 0 aromatic rings. The zero-order valence-electron chi connectivity index (χ0n) is 13.2. The zero-order valence-corrected chi connectivity index (χ0v) is 20.4. The van der Waals surface area contributed by atoms with Crippen LogP contribution in [0, 0.1) is 0 Å². The van der Waals surface area contributed by atoms with E-state index in [1.54, 1.807) is 0 Å². The first kappa shape index (κ1) is 30.8. The molecule has 1 heterocycles. The molecular formula is F16N8P8. The number of halogens is 16. The summed E-state index contributed by atoms with van der Waals surface area (Å²) < 4.78 is 219. The molecule has 0 saturated carbocycles. The van der Waals surface area contributed by atoms with Crippen molar-refractivity contribution in [2.75, 3.05) is 0 Å². The maximum absolute atomic E-state index is 13.2. The summed E-state index contributed by atoms with van der Waals surface area (Å²) in [5, 5.41) is 0. The Morgan fingerprint density at radius 3 is 0.312 bits per heavy atom. The largest absolute Gasteiger partial charge is 0.425 e. The molecule has 1 aliphatic heterocycles. The fourth-order valence-electron chi connectivity index (χ4n) is 1.18. The maximum Gasteiger partial charge on any atom is 0.425 e. The molecule has 8 nitrogen and oxygen atoms in total. The minimum absolute atomic E-state index is 0.885. The lowest BCUT2D eigenvalue weighted by atomic mass is 13.8. The number of rotatable bonds is 0. The molecule has 0 unspecified atom stereocenters. The normalized spacial score (nSPS) is 29.5. The fraction of sp³-hybridized carbons (Fsp3) is 0. The van der Waals surface area contributed by atoms with Gasteiger partial charge in [-0.3, -0.25) is 0 Å². The predicted octanol–water partition coefficient (Wildman–Crippen LogP) is 15.1. The van der Waals surface area contributed by atoms with Crippen LogP contribution >= 0.6 is 62.6 Å². The van der Waals surface area contributed by atoms with E-state index in [2.05, 4.69) is 0 Å². The minimum Gasteiger partial charge on any atom is -0.149 e. The molecule has 0 atom stereocenters. The van der Waals surface area contributed by atoms with Gasteiger partial charge in [0, 0.05) is 0 Å². The molecule has 0 spiro atoms. The minimum atomic E-state index is -7.55. The van der Waals surface area contributed by atoms with E-state index >= 15 is 0 Å². The van der Waals surface area contributed by atoms with Crippen molar-refractivity contribution in [1.82, 2.24) is 0 Å². The molecule has 0 fully saturated rings. The topological polar surface area (TPSA) is 98.9 Å². The molecule has 1 aliphatic rings. The van der Waals surface area contributed by atoms with E-state index in [-0.39, 0.29) is 0 Å². The first-order chi connectivity index (χ1) is 13.7. The van der Waals surface area contributed by atoms with Crippen LogP contribution in [0.15, 0.2) is 36.1 Å². The molecule has 32 heteroatoms. The second-order valence-electron chi connectivity index (χ2n) is 4.36. The van der Waals surface area contributed by atoms with Gasteiger partial charge in [-0.05, 0) is 0 Å². The second-order valence-corrected chi connectivity index (χ2v) is 17.4. The zero-order chi connectivity index (χ0) is 25.7. The molecule has 0 bridgehead atoms. The van der Waals surface area contributed by atoms with Gasteiger partial charge in [-0.2, -0.15) is 0 Å². The highest BCUT2D eigenvalue weighted by molar-refractivity contribution is 7.78. The number of hydrogen-bond acceptors (Lipinski definition) is 8.